The third-order valence-electron chi connectivity index (χ3n) is 4.49. The molecular formula is C20H25N3O3. The summed E-state index contributed by atoms with van der Waals surface area (Å²) < 4.78 is 10.8. The number of aromatic nitrogens is 1. The van der Waals surface area contributed by atoms with Gasteiger partial charge in [0.05, 0.1) is 12.7 Å². The van der Waals surface area contributed by atoms with Gasteiger partial charge in [-0.2, -0.15) is 0 Å². The van der Waals surface area contributed by atoms with Crippen LogP contribution in [0.5, 0.6) is 11.6 Å². The number of amides is 1. The number of hydrogen-bond donors (Lipinski definition) is 0. The monoisotopic (exact) mass is 355 g/mol. The highest BCUT2D eigenvalue weighted by atomic mass is 16.5. The minimum absolute atomic E-state index is 0.0301. The Bertz CT molecular complexity index is 691. The van der Waals surface area contributed by atoms with Gasteiger partial charge >= 0.3 is 0 Å². The van der Waals surface area contributed by atoms with Crippen LogP contribution in [0.1, 0.15) is 16.8 Å². The van der Waals surface area contributed by atoms with Crippen LogP contribution in [0, 0.1) is 0 Å². The molecule has 1 aromatic heterocycles. The minimum Gasteiger partial charge on any atom is -0.492 e. The number of para-hydroxylation sites is 1. The Kier molecular flexibility index (Phi) is 6.44. The predicted molar refractivity (Wildman–Crippen MR) is 99.7 cm³/mol. The van der Waals surface area contributed by atoms with Crippen LogP contribution in [0.15, 0.2) is 48.7 Å². The lowest BCUT2D eigenvalue weighted by molar-refractivity contribution is 0.0760. The number of carbonyl (C=O) groups is 1. The molecule has 1 fully saturated rings. The zero-order valence-electron chi connectivity index (χ0n) is 15.1. The summed E-state index contributed by atoms with van der Waals surface area (Å²) in [4.78, 5) is 21.0. The molecule has 1 aliphatic rings. The first-order valence-corrected chi connectivity index (χ1v) is 8.96. The fourth-order valence-corrected chi connectivity index (χ4v) is 3.02. The van der Waals surface area contributed by atoms with E-state index in [-0.39, 0.29) is 5.91 Å². The maximum Gasteiger partial charge on any atom is 0.255 e. The van der Waals surface area contributed by atoms with E-state index >= 15 is 0 Å². The van der Waals surface area contributed by atoms with Gasteiger partial charge in [0, 0.05) is 45.0 Å². The molecule has 6 nitrogen and oxygen atoms in total. The third kappa shape index (κ3) is 4.95. The lowest BCUT2D eigenvalue weighted by Gasteiger charge is -2.22. The van der Waals surface area contributed by atoms with E-state index in [0.29, 0.717) is 18.1 Å². The van der Waals surface area contributed by atoms with Crippen molar-refractivity contribution in [3.05, 3.63) is 54.2 Å². The van der Waals surface area contributed by atoms with Gasteiger partial charge < -0.3 is 14.4 Å². The van der Waals surface area contributed by atoms with Gasteiger partial charge in [-0.1, -0.05) is 18.2 Å². The summed E-state index contributed by atoms with van der Waals surface area (Å²) in [5.74, 6) is 1.44. The standard InChI is InChI=1S/C20H25N3O3/c1-25-19-9-8-17(16-21-19)20(24)23-11-5-10-22(12-13-23)14-15-26-18-6-3-2-4-7-18/h2-4,6-9,16H,5,10-15H2,1H3. The fraction of sp³-hybridized carbons (Fsp3) is 0.400. The SMILES string of the molecule is COc1ccc(C(=O)N2CCCN(CCOc3ccccc3)CC2)cn1. The van der Waals surface area contributed by atoms with Crippen molar-refractivity contribution in [1.82, 2.24) is 14.8 Å². The maximum atomic E-state index is 12.7. The predicted octanol–water partition coefficient (Wildman–Crippen LogP) is 2.32. The molecule has 138 valence electrons. The molecule has 0 bridgehead atoms. The molecule has 0 saturated carbocycles. The van der Waals surface area contributed by atoms with Crippen molar-refractivity contribution >= 4 is 5.91 Å². The number of benzene rings is 1. The number of pyridine rings is 1. The summed E-state index contributed by atoms with van der Waals surface area (Å²) in [6.07, 6.45) is 2.54. The topological polar surface area (TPSA) is 54.9 Å². The molecule has 1 amide bonds. The molecule has 0 N–H and O–H groups in total. The highest BCUT2D eigenvalue weighted by Crippen LogP contribution is 2.12. The van der Waals surface area contributed by atoms with Gasteiger partial charge in [-0.15, -0.1) is 0 Å². The Morgan fingerprint density at radius 1 is 1.08 bits per heavy atom. The van der Waals surface area contributed by atoms with E-state index in [9.17, 15) is 4.79 Å². The van der Waals surface area contributed by atoms with E-state index < -0.39 is 0 Å². The molecule has 2 heterocycles. The quantitative estimate of drug-likeness (QED) is 0.796. The van der Waals surface area contributed by atoms with Crippen LogP contribution in [0.4, 0.5) is 0 Å². The first-order chi connectivity index (χ1) is 12.8. The summed E-state index contributed by atoms with van der Waals surface area (Å²) in [6, 6.07) is 13.3. The molecule has 2 aromatic rings. The third-order valence-corrected chi connectivity index (χ3v) is 4.49. The van der Waals surface area contributed by atoms with E-state index in [1.807, 2.05) is 35.2 Å². The number of carbonyl (C=O) groups excluding carboxylic acids is 1. The Hall–Kier alpha value is -2.60. The van der Waals surface area contributed by atoms with Gasteiger partial charge in [-0.05, 0) is 24.6 Å². The average Bonchev–Trinajstić information content (AvgIpc) is 2.94. The zero-order chi connectivity index (χ0) is 18.2. The van der Waals surface area contributed by atoms with Crippen LogP contribution in [0.3, 0.4) is 0 Å². The van der Waals surface area contributed by atoms with E-state index in [1.54, 1.807) is 25.4 Å². The number of nitrogens with zero attached hydrogens (tertiary/aromatic N) is 3. The zero-order valence-corrected chi connectivity index (χ0v) is 15.1. The van der Waals surface area contributed by atoms with Crippen molar-refractivity contribution in [3.63, 3.8) is 0 Å². The fourth-order valence-electron chi connectivity index (χ4n) is 3.02. The van der Waals surface area contributed by atoms with Crippen LogP contribution in [0.25, 0.3) is 0 Å². The average molecular weight is 355 g/mol. The molecule has 0 aliphatic carbocycles. The number of rotatable bonds is 6. The second-order valence-electron chi connectivity index (χ2n) is 6.24. The summed E-state index contributed by atoms with van der Waals surface area (Å²) in [6.45, 7) is 4.83. The highest BCUT2D eigenvalue weighted by molar-refractivity contribution is 5.94. The lowest BCUT2D eigenvalue weighted by Crippen LogP contribution is -2.36. The van der Waals surface area contributed by atoms with Gasteiger partial charge in [0.15, 0.2) is 0 Å². The highest BCUT2D eigenvalue weighted by Gasteiger charge is 2.20. The van der Waals surface area contributed by atoms with E-state index in [0.717, 1.165) is 44.9 Å². The summed E-state index contributed by atoms with van der Waals surface area (Å²) in [5, 5.41) is 0. The van der Waals surface area contributed by atoms with Gasteiger partial charge in [0.2, 0.25) is 5.88 Å². The molecule has 0 radical (unpaired) electrons. The Morgan fingerprint density at radius 3 is 2.65 bits per heavy atom. The van der Waals surface area contributed by atoms with Gasteiger partial charge in [-0.25, -0.2) is 4.98 Å². The van der Waals surface area contributed by atoms with Gasteiger partial charge in [-0.3, -0.25) is 9.69 Å². The number of ether oxygens (including phenoxy) is 2. The van der Waals surface area contributed by atoms with Crippen molar-refractivity contribution < 1.29 is 14.3 Å². The molecule has 0 atom stereocenters. The smallest absolute Gasteiger partial charge is 0.255 e. The molecule has 0 unspecified atom stereocenters. The lowest BCUT2D eigenvalue weighted by atomic mass is 10.2. The van der Waals surface area contributed by atoms with E-state index in [2.05, 4.69) is 9.88 Å². The van der Waals surface area contributed by atoms with Crippen molar-refractivity contribution in [2.75, 3.05) is 46.4 Å². The van der Waals surface area contributed by atoms with E-state index in [4.69, 9.17) is 9.47 Å². The van der Waals surface area contributed by atoms with Crippen LogP contribution < -0.4 is 9.47 Å². The van der Waals surface area contributed by atoms with Crippen LogP contribution >= 0.6 is 0 Å². The summed E-state index contributed by atoms with van der Waals surface area (Å²) in [5.41, 5.74) is 0.603. The van der Waals surface area contributed by atoms with Crippen LogP contribution in [-0.2, 0) is 0 Å². The summed E-state index contributed by atoms with van der Waals surface area (Å²) >= 11 is 0. The first kappa shape index (κ1) is 18.2. The molecular weight excluding hydrogens is 330 g/mol. The second kappa shape index (κ2) is 9.20. The molecule has 26 heavy (non-hydrogen) atoms. The molecule has 6 heteroatoms. The largest absolute Gasteiger partial charge is 0.492 e. The second-order valence-corrected chi connectivity index (χ2v) is 6.24. The van der Waals surface area contributed by atoms with Crippen molar-refractivity contribution in [3.8, 4) is 11.6 Å². The number of hydrogen-bond acceptors (Lipinski definition) is 5. The van der Waals surface area contributed by atoms with Crippen molar-refractivity contribution in [2.24, 2.45) is 0 Å². The van der Waals surface area contributed by atoms with Crippen molar-refractivity contribution in [1.29, 1.82) is 0 Å². The first-order valence-electron chi connectivity index (χ1n) is 8.96. The normalized spacial score (nSPS) is 15.3. The van der Waals surface area contributed by atoms with Crippen LogP contribution in [-0.4, -0.2) is 67.1 Å². The molecule has 0 spiro atoms. The Labute approximate surface area is 154 Å². The van der Waals surface area contributed by atoms with Crippen LogP contribution in [0.2, 0.25) is 0 Å². The molecule has 1 aromatic carbocycles. The maximum absolute atomic E-state index is 12.7. The van der Waals surface area contributed by atoms with Crippen molar-refractivity contribution in [2.45, 2.75) is 6.42 Å². The van der Waals surface area contributed by atoms with E-state index in [1.165, 1.54) is 0 Å². The Balaban J connectivity index is 1.47. The molecule has 1 saturated heterocycles. The van der Waals surface area contributed by atoms with Gasteiger partial charge in [0.25, 0.3) is 5.91 Å². The summed E-state index contributed by atoms with van der Waals surface area (Å²) in [7, 11) is 1.56. The van der Waals surface area contributed by atoms with Gasteiger partial charge in [0.1, 0.15) is 12.4 Å². The minimum atomic E-state index is 0.0301. The Morgan fingerprint density at radius 2 is 1.92 bits per heavy atom. The number of methoxy groups -OCH3 is 1. The molecule has 3 rings (SSSR count). The molecule has 1 aliphatic heterocycles.